The molecule has 0 aromatic rings. The van der Waals surface area contributed by atoms with Crippen LogP contribution in [0.15, 0.2) is 0 Å². The Morgan fingerprint density at radius 2 is 1.31 bits per heavy atom. The van der Waals surface area contributed by atoms with Crippen molar-refractivity contribution in [2.45, 2.75) is 51.0 Å². The van der Waals surface area contributed by atoms with Gasteiger partial charge < -0.3 is 14.4 Å². The third-order valence-corrected chi connectivity index (χ3v) is 6.08. The number of hydrogen-bond donors (Lipinski definition) is 3. The quantitative estimate of drug-likeness (QED) is 0.657. The summed E-state index contributed by atoms with van der Waals surface area (Å²) in [6.07, 6.45) is 8.93. The van der Waals surface area contributed by atoms with Gasteiger partial charge in [0.25, 0.3) is 0 Å². The van der Waals surface area contributed by atoms with Gasteiger partial charge in [-0.2, -0.15) is 0 Å². The van der Waals surface area contributed by atoms with Crippen LogP contribution in [0.5, 0.6) is 0 Å². The van der Waals surface area contributed by atoms with Crippen molar-refractivity contribution in [1.82, 2.24) is 0 Å². The third-order valence-electron chi connectivity index (χ3n) is 5.16. The van der Waals surface area contributed by atoms with Crippen LogP contribution in [0, 0.1) is 23.2 Å². The first-order valence-electron chi connectivity index (χ1n) is 6.61. The molecule has 0 atom stereocenters. The Morgan fingerprint density at radius 3 is 1.69 bits per heavy atom. The zero-order valence-electron chi connectivity index (χ0n) is 9.73. The molecule has 4 bridgehead atoms. The smallest absolute Gasteiger partial charge is 0.390 e. The van der Waals surface area contributed by atoms with Crippen LogP contribution in [0.25, 0.3) is 0 Å². The van der Waals surface area contributed by atoms with E-state index in [4.69, 9.17) is 14.4 Å². The van der Waals surface area contributed by atoms with Gasteiger partial charge in [-0.15, -0.1) is 0 Å². The summed E-state index contributed by atoms with van der Waals surface area (Å²) >= 11 is 0. The first kappa shape index (κ1) is 11.2. The Morgan fingerprint density at radius 1 is 0.875 bits per heavy atom. The normalized spacial score (nSPS) is 46.3. The van der Waals surface area contributed by atoms with Gasteiger partial charge in [0.05, 0.1) is 0 Å². The molecule has 4 rings (SSSR count). The summed E-state index contributed by atoms with van der Waals surface area (Å²) in [4.78, 5) is 27.5. The van der Waals surface area contributed by atoms with Crippen LogP contribution in [0.4, 0.5) is 0 Å². The topological polar surface area (TPSA) is 60.7 Å². The van der Waals surface area contributed by atoms with E-state index in [0.717, 1.165) is 24.2 Å². The van der Waals surface area contributed by atoms with E-state index >= 15 is 0 Å². The van der Waals surface area contributed by atoms with Crippen molar-refractivity contribution in [3.05, 3.63) is 0 Å². The van der Waals surface area contributed by atoms with E-state index in [9.17, 15) is 0 Å². The maximum absolute atomic E-state index is 9.17. The summed E-state index contributed by atoms with van der Waals surface area (Å²) in [5, 5.41) is 0. The second-order valence-electron chi connectivity index (χ2n) is 6.69. The van der Waals surface area contributed by atoms with Crippen molar-refractivity contribution in [1.29, 1.82) is 0 Å². The lowest BCUT2D eigenvalue weighted by molar-refractivity contribution is -0.0561. The zero-order chi connectivity index (χ0) is 11.4. The van der Waals surface area contributed by atoms with Crippen LogP contribution >= 0.6 is 0 Å². The molecular formula is C12H22O3Si. The van der Waals surface area contributed by atoms with Crippen molar-refractivity contribution in [3.8, 4) is 0 Å². The van der Waals surface area contributed by atoms with Crippen molar-refractivity contribution in [3.63, 3.8) is 0 Å². The highest BCUT2D eigenvalue weighted by Gasteiger charge is 2.51. The lowest BCUT2D eigenvalue weighted by atomic mass is 9.49. The van der Waals surface area contributed by atoms with Crippen molar-refractivity contribution < 1.29 is 14.4 Å². The largest absolute Gasteiger partial charge is 0.492 e. The van der Waals surface area contributed by atoms with Crippen LogP contribution in [-0.4, -0.2) is 23.2 Å². The van der Waals surface area contributed by atoms with E-state index in [2.05, 4.69) is 0 Å². The van der Waals surface area contributed by atoms with E-state index in [-0.39, 0.29) is 6.04 Å². The lowest BCUT2D eigenvalue weighted by Gasteiger charge is -2.57. The van der Waals surface area contributed by atoms with Gasteiger partial charge in [0, 0.05) is 6.04 Å². The fourth-order valence-electron chi connectivity index (χ4n) is 5.03. The molecule has 0 aromatic carbocycles. The van der Waals surface area contributed by atoms with Crippen molar-refractivity contribution in [2.24, 2.45) is 23.2 Å². The summed E-state index contributed by atoms with van der Waals surface area (Å²) in [7, 11) is -3.81. The molecule has 3 nitrogen and oxygen atoms in total. The van der Waals surface area contributed by atoms with Gasteiger partial charge >= 0.3 is 8.80 Å². The molecule has 0 spiro atoms. The maximum Gasteiger partial charge on any atom is 0.492 e. The lowest BCUT2D eigenvalue weighted by Crippen LogP contribution is -2.47. The Balaban J connectivity index is 1.69. The summed E-state index contributed by atoms with van der Waals surface area (Å²) in [6, 6.07) is 0.249. The van der Waals surface area contributed by atoms with Crippen LogP contribution in [0.2, 0.25) is 6.04 Å². The van der Waals surface area contributed by atoms with Gasteiger partial charge in [-0.3, -0.25) is 0 Å². The van der Waals surface area contributed by atoms with Gasteiger partial charge in [-0.25, -0.2) is 0 Å². The molecule has 4 aliphatic rings. The van der Waals surface area contributed by atoms with E-state index in [1.54, 1.807) is 0 Å². The summed E-state index contributed by atoms with van der Waals surface area (Å²) in [5.74, 6) is 2.70. The molecule has 0 heterocycles. The molecule has 4 saturated carbocycles. The molecule has 0 radical (unpaired) electrons. The minimum Gasteiger partial charge on any atom is -0.390 e. The minimum absolute atomic E-state index is 0.249. The van der Waals surface area contributed by atoms with Gasteiger partial charge in [0.2, 0.25) is 0 Å². The van der Waals surface area contributed by atoms with E-state index in [1.165, 1.54) is 38.5 Å². The van der Waals surface area contributed by atoms with Crippen LogP contribution in [0.1, 0.15) is 44.9 Å². The Bertz CT molecular complexity index is 249. The van der Waals surface area contributed by atoms with E-state index < -0.39 is 8.80 Å². The SMILES string of the molecule is O[Si](O)(O)CCC12CC3CC(CC(C3)C1)C2. The molecule has 3 N–H and O–H groups in total. The highest BCUT2D eigenvalue weighted by atomic mass is 28.4. The molecule has 4 heteroatoms. The standard InChI is InChI=1S/C12H22O3Si/c13-16(14,15)2-1-12-6-9-3-10(7-12)5-11(4-9)8-12/h9-11,13-15H,1-8H2. The molecule has 0 unspecified atom stereocenters. The molecule has 4 aliphatic carbocycles. The Labute approximate surface area is 97.9 Å². The summed E-state index contributed by atoms with van der Waals surface area (Å²) in [6.45, 7) is 0. The van der Waals surface area contributed by atoms with E-state index in [1.807, 2.05) is 0 Å². The Kier molecular flexibility index (Phi) is 2.48. The fraction of sp³-hybridized carbons (Fsp3) is 1.00. The van der Waals surface area contributed by atoms with Gasteiger partial charge in [-0.05, 0) is 68.1 Å². The predicted molar refractivity (Wildman–Crippen MR) is 62.4 cm³/mol. The molecule has 4 fully saturated rings. The highest BCUT2D eigenvalue weighted by Crippen LogP contribution is 2.61. The van der Waals surface area contributed by atoms with E-state index in [0.29, 0.717) is 5.41 Å². The summed E-state index contributed by atoms with van der Waals surface area (Å²) < 4.78 is 0. The molecule has 92 valence electrons. The Hall–Kier alpha value is 0.0969. The zero-order valence-corrected chi connectivity index (χ0v) is 10.7. The molecular weight excluding hydrogens is 220 g/mol. The molecule has 0 saturated heterocycles. The molecule has 0 aliphatic heterocycles. The van der Waals surface area contributed by atoms with Crippen molar-refractivity contribution in [2.75, 3.05) is 0 Å². The van der Waals surface area contributed by atoms with Crippen LogP contribution in [0.3, 0.4) is 0 Å². The molecule has 16 heavy (non-hydrogen) atoms. The molecule has 0 amide bonds. The number of rotatable bonds is 3. The van der Waals surface area contributed by atoms with Gasteiger partial charge in [0.1, 0.15) is 0 Å². The van der Waals surface area contributed by atoms with Crippen LogP contribution < -0.4 is 0 Å². The monoisotopic (exact) mass is 242 g/mol. The fourth-order valence-corrected chi connectivity index (χ4v) is 5.89. The van der Waals surface area contributed by atoms with Gasteiger partial charge in [0.15, 0.2) is 0 Å². The average molecular weight is 242 g/mol. The second-order valence-corrected chi connectivity index (χ2v) is 8.74. The maximum atomic E-state index is 9.17. The first-order chi connectivity index (χ1) is 7.44. The highest BCUT2D eigenvalue weighted by molar-refractivity contribution is 6.56. The van der Waals surface area contributed by atoms with Crippen molar-refractivity contribution >= 4 is 8.80 Å². The second kappa shape index (κ2) is 3.54. The first-order valence-corrected chi connectivity index (χ1v) is 8.66. The summed E-state index contributed by atoms with van der Waals surface area (Å²) in [5.41, 5.74) is 0.362. The average Bonchev–Trinajstić information content (AvgIpc) is 2.11. The minimum atomic E-state index is -3.81. The third kappa shape index (κ3) is 2.08. The van der Waals surface area contributed by atoms with Gasteiger partial charge in [-0.1, -0.05) is 0 Å². The number of hydrogen-bond acceptors (Lipinski definition) is 3. The van der Waals surface area contributed by atoms with Crippen LogP contribution in [-0.2, 0) is 0 Å². The molecule has 0 aromatic heterocycles. The predicted octanol–water partition coefficient (Wildman–Crippen LogP) is 1.51.